The van der Waals surface area contributed by atoms with Crippen LogP contribution in [0.2, 0.25) is 0 Å². The molecule has 0 unspecified atom stereocenters. The molecule has 1 aromatic carbocycles. The van der Waals surface area contributed by atoms with E-state index < -0.39 is 17.3 Å². The monoisotopic (exact) mass is 363 g/mol. The number of piperidine rings is 1. The van der Waals surface area contributed by atoms with Crippen LogP contribution in [-0.2, 0) is 6.18 Å². The lowest BCUT2D eigenvalue weighted by Gasteiger charge is -2.43. The number of rotatable bonds is 1. The van der Waals surface area contributed by atoms with Gasteiger partial charge in [0, 0.05) is 29.6 Å². The highest BCUT2D eigenvalue weighted by molar-refractivity contribution is 5.59. The molecular formula is C18H16F3N3O2. The molecule has 8 heteroatoms. The maximum atomic E-state index is 13.3. The molecule has 136 valence electrons. The summed E-state index contributed by atoms with van der Waals surface area (Å²) >= 11 is 0. The first-order valence-electron chi connectivity index (χ1n) is 8.22. The van der Waals surface area contributed by atoms with Gasteiger partial charge in [-0.1, -0.05) is 0 Å². The quantitative estimate of drug-likeness (QED) is 0.811. The number of benzene rings is 1. The van der Waals surface area contributed by atoms with E-state index in [1.54, 1.807) is 0 Å². The molecule has 3 aliphatic rings. The van der Waals surface area contributed by atoms with Crippen molar-refractivity contribution in [1.82, 2.24) is 9.47 Å². The van der Waals surface area contributed by atoms with E-state index in [0.717, 1.165) is 36.1 Å². The number of hydrogen-bond donors (Lipinski definition) is 2. The summed E-state index contributed by atoms with van der Waals surface area (Å²) in [6, 6.07) is 4.60. The molecule has 2 atom stereocenters. The molecular weight excluding hydrogens is 347 g/mol. The first-order chi connectivity index (χ1) is 12.2. The van der Waals surface area contributed by atoms with E-state index >= 15 is 0 Å². The zero-order chi connectivity index (χ0) is 18.8. The van der Waals surface area contributed by atoms with Crippen molar-refractivity contribution in [2.45, 2.75) is 31.0 Å². The number of alkyl halides is 3. The first-order valence-corrected chi connectivity index (χ1v) is 8.22. The van der Waals surface area contributed by atoms with Crippen LogP contribution in [0.4, 0.5) is 13.2 Å². The molecule has 2 aromatic rings. The van der Waals surface area contributed by atoms with Gasteiger partial charge in [0.15, 0.2) is 0 Å². The highest BCUT2D eigenvalue weighted by Gasteiger charge is 2.43. The summed E-state index contributed by atoms with van der Waals surface area (Å²) in [7, 11) is 1.93. The molecule has 26 heavy (non-hydrogen) atoms. The minimum atomic E-state index is -4.71. The summed E-state index contributed by atoms with van der Waals surface area (Å²) in [5.41, 5.74) is -0.414. The minimum absolute atomic E-state index is 0.0252. The predicted octanol–water partition coefficient (Wildman–Crippen LogP) is 3.64. The average molecular weight is 363 g/mol. The van der Waals surface area contributed by atoms with Gasteiger partial charge in [-0.05, 0) is 38.1 Å². The number of nitrogens with zero attached hydrogens (tertiary/aromatic N) is 3. The van der Waals surface area contributed by atoms with Crippen molar-refractivity contribution >= 4 is 0 Å². The topological polar surface area (TPSA) is 72.4 Å². The Hall–Kier alpha value is -2.66. The van der Waals surface area contributed by atoms with Crippen LogP contribution < -0.4 is 0 Å². The SMILES string of the molecule is CN1C[C@H]2CC[C@@H]1c1c2c(O)n(-c2ccc(C#N)c(C(F)(F)F)c2)c1O. The Balaban J connectivity index is 1.93. The average Bonchev–Trinajstić information content (AvgIpc) is 2.87. The van der Waals surface area contributed by atoms with Crippen LogP contribution in [0.15, 0.2) is 18.2 Å². The van der Waals surface area contributed by atoms with Crippen LogP contribution in [0.5, 0.6) is 11.8 Å². The normalized spacial score (nSPS) is 22.3. The summed E-state index contributed by atoms with van der Waals surface area (Å²) in [4.78, 5) is 2.08. The Kier molecular flexibility index (Phi) is 3.50. The second kappa shape index (κ2) is 5.42. The zero-order valence-electron chi connectivity index (χ0n) is 13.9. The van der Waals surface area contributed by atoms with Gasteiger partial charge in [-0.3, -0.25) is 9.47 Å². The maximum Gasteiger partial charge on any atom is 0.417 e. The highest BCUT2D eigenvalue weighted by atomic mass is 19.4. The molecule has 2 bridgehead atoms. The lowest BCUT2D eigenvalue weighted by Crippen LogP contribution is -2.39. The smallest absolute Gasteiger partial charge is 0.417 e. The number of halogens is 3. The number of aromatic nitrogens is 1. The second-order valence-electron chi connectivity index (χ2n) is 6.88. The Labute approximate surface area is 147 Å². The molecule has 3 heterocycles. The van der Waals surface area contributed by atoms with Gasteiger partial charge in [0.25, 0.3) is 0 Å². The van der Waals surface area contributed by atoms with E-state index in [4.69, 9.17) is 5.26 Å². The summed E-state index contributed by atoms with van der Waals surface area (Å²) in [6.07, 6.45) is -3.02. The molecule has 2 aliphatic heterocycles. The summed E-state index contributed by atoms with van der Waals surface area (Å²) in [5.74, 6) is -0.428. The molecule has 5 rings (SSSR count). The third-order valence-corrected chi connectivity index (χ3v) is 5.45. The van der Waals surface area contributed by atoms with Crippen LogP contribution in [0.3, 0.4) is 0 Å². The van der Waals surface area contributed by atoms with Crippen LogP contribution in [0.25, 0.3) is 5.69 Å². The Morgan fingerprint density at radius 1 is 1.15 bits per heavy atom. The maximum absolute atomic E-state index is 13.3. The van der Waals surface area contributed by atoms with Crippen molar-refractivity contribution in [3.05, 3.63) is 40.5 Å². The molecule has 1 saturated heterocycles. The fourth-order valence-corrected chi connectivity index (χ4v) is 4.31. The predicted molar refractivity (Wildman–Crippen MR) is 86.2 cm³/mol. The van der Waals surface area contributed by atoms with Crippen molar-refractivity contribution < 1.29 is 23.4 Å². The van der Waals surface area contributed by atoms with Crippen molar-refractivity contribution in [2.75, 3.05) is 13.6 Å². The van der Waals surface area contributed by atoms with Crippen molar-refractivity contribution in [2.24, 2.45) is 0 Å². The first kappa shape index (κ1) is 16.8. The number of hydrogen-bond acceptors (Lipinski definition) is 4. The van der Waals surface area contributed by atoms with E-state index in [1.807, 2.05) is 7.05 Å². The standard InChI is InChI=1S/C18H16F3N3O2/c1-23-8-10-3-5-13(23)15-14(10)16(25)24(17(15)26)11-4-2-9(7-22)12(6-11)18(19,20)21/h2,4,6,10,13,25-26H,3,5,8H2,1H3/t10-,13-/m1/s1. The molecule has 2 N–H and O–H groups in total. The molecule has 0 saturated carbocycles. The Bertz CT molecular complexity index is 943. The Morgan fingerprint density at radius 2 is 1.85 bits per heavy atom. The number of nitriles is 1. The molecule has 1 aliphatic carbocycles. The van der Waals surface area contributed by atoms with Gasteiger partial charge < -0.3 is 10.2 Å². The summed E-state index contributed by atoms with van der Waals surface area (Å²) in [5, 5.41) is 30.3. The van der Waals surface area contributed by atoms with Gasteiger partial charge in [-0.15, -0.1) is 0 Å². The van der Waals surface area contributed by atoms with Gasteiger partial charge in [0.2, 0.25) is 11.8 Å². The van der Waals surface area contributed by atoms with Crippen molar-refractivity contribution in [3.63, 3.8) is 0 Å². The van der Waals surface area contributed by atoms with E-state index in [-0.39, 0.29) is 29.4 Å². The fourth-order valence-electron chi connectivity index (χ4n) is 4.31. The molecule has 5 nitrogen and oxygen atoms in total. The van der Waals surface area contributed by atoms with Gasteiger partial charge in [-0.25, -0.2) is 0 Å². The lowest BCUT2D eigenvalue weighted by molar-refractivity contribution is -0.137. The third kappa shape index (κ3) is 2.20. The number of likely N-dealkylation sites (N-methyl/N-ethyl adjacent to an activating group) is 1. The third-order valence-electron chi connectivity index (χ3n) is 5.45. The van der Waals surface area contributed by atoms with Gasteiger partial charge in [0.05, 0.1) is 22.9 Å². The lowest BCUT2D eigenvalue weighted by atomic mass is 9.77. The van der Waals surface area contributed by atoms with Crippen molar-refractivity contribution in [1.29, 1.82) is 5.26 Å². The molecule has 1 aromatic heterocycles. The van der Waals surface area contributed by atoms with Crippen LogP contribution in [-0.4, -0.2) is 33.3 Å². The number of aromatic hydroxyl groups is 2. The minimum Gasteiger partial charge on any atom is -0.494 e. The summed E-state index contributed by atoms with van der Waals surface area (Å²) in [6.45, 7) is 0.732. The molecule has 0 radical (unpaired) electrons. The van der Waals surface area contributed by atoms with Crippen LogP contribution >= 0.6 is 0 Å². The summed E-state index contributed by atoms with van der Waals surface area (Å²) < 4.78 is 40.8. The van der Waals surface area contributed by atoms with E-state index in [1.165, 1.54) is 12.1 Å². The zero-order valence-corrected chi connectivity index (χ0v) is 13.9. The fraction of sp³-hybridized carbons (Fsp3) is 0.389. The number of fused-ring (bicyclic) bond motifs is 2. The van der Waals surface area contributed by atoms with Gasteiger partial charge >= 0.3 is 6.18 Å². The highest BCUT2D eigenvalue weighted by Crippen LogP contribution is 2.55. The molecule has 0 spiro atoms. The second-order valence-corrected chi connectivity index (χ2v) is 6.88. The van der Waals surface area contributed by atoms with E-state index in [2.05, 4.69) is 4.90 Å². The molecule has 0 amide bonds. The van der Waals surface area contributed by atoms with E-state index in [0.29, 0.717) is 11.1 Å². The largest absolute Gasteiger partial charge is 0.494 e. The van der Waals surface area contributed by atoms with E-state index in [9.17, 15) is 23.4 Å². The van der Waals surface area contributed by atoms with Crippen LogP contribution in [0, 0.1) is 11.3 Å². The van der Waals surface area contributed by atoms with Crippen LogP contribution in [0.1, 0.15) is 47.1 Å². The Morgan fingerprint density at radius 3 is 2.46 bits per heavy atom. The van der Waals surface area contributed by atoms with Gasteiger partial charge in [0.1, 0.15) is 0 Å². The van der Waals surface area contributed by atoms with Crippen molar-refractivity contribution in [3.8, 4) is 23.5 Å². The van der Waals surface area contributed by atoms with Gasteiger partial charge in [-0.2, -0.15) is 18.4 Å². The molecule has 1 fully saturated rings.